The molecule has 18 heavy (non-hydrogen) atoms. The molecule has 98 valence electrons. The molecule has 5 nitrogen and oxygen atoms in total. The fourth-order valence-electron chi connectivity index (χ4n) is 2.37. The van der Waals surface area contributed by atoms with Gasteiger partial charge in [0.2, 0.25) is 6.04 Å². The van der Waals surface area contributed by atoms with Gasteiger partial charge >= 0.3 is 0 Å². The molecule has 1 aliphatic rings. The van der Waals surface area contributed by atoms with E-state index in [1.807, 2.05) is 30.3 Å². The maximum Gasteiger partial charge on any atom is 0.239 e. The molecular formula is C13H17NO4. The molecule has 0 bridgehead atoms. The van der Waals surface area contributed by atoms with E-state index in [0.29, 0.717) is 12.8 Å². The van der Waals surface area contributed by atoms with Crippen molar-refractivity contribution in [2.24, 2.45) is 5.92 Å². The summed E-state index contributed by atoms with van der Waals surface area (Å²) in [6.07, 6.45) is 0.985. The van der Waals surface area contributed by atoms with Gasteiger partial charge < -0.3 is 9.84 Å². The van der Waals surface area contributed by atoms with Crippen molar-refractivity contribution < 1.29 is 14.8 Å². The van der Waals surface area contributed by atoms with Crippen molar-refractivity contribution in [1.29, 1.82) is 0 Å². The molecule has 2 rings (SSSR count). The van der Waals surface area contributed by atoms with Gasteiger partial charge in [0, 0.05) is 17.3 Å². The first-order chi connectivity index (χ1) is 8.66. The van der Waals surface area contributed by atoms with Crippen LogP contribution in [0.3, 0.4) is 0 Å². The lowest BCUT2D eigenvalue weighted by Crippen LogP contribution is -2.42. The van der Waals surface area contributed by atoms with Gasteiger partial charge in [-0.05, 0) is 18.4 Å². The van der Waals surface area contributed by atoms with E-state index in [9.17, 15) is 15.2 Å². The lowest BCUT2D eigenvalue weighted by atomic mass is 9.88. The van der Waals surface area contributed by atoms with E-state index in [2.05, 4.69) is 0 Å². The number of nitro groups is 1. The van der Waals surface area contributed by atoms with Crippen LogP contribution in [0.25, 0.3) is 0 Å². The zero-order valence-corrected chi connectivity index (χ0v) is 10.1. The second-order valence-corrected chi connectivity index (χ2v) is 4.66. The first-order valence-electron chi connectivity index (χ1n) is 6.14. The Morgan fingerprint density at radius 2 is 2.11 bits per heavy atom. The molecule has 0 amide bonds. The number of aryl methyl sites for hydroxylation is 1. The number of hydrogen-bond acceptors (Lipinski definition) is 4. The van der Waals surface area contributed by atoms with Crippen LogP contribution in [0.1, 0.15) is 18.4 Å². The van der Waals surface area contributed by atoms with E-state index >= 15 is 0 Å². The molecular weight excluding hydrogens is 234 g/mol. The number of rotatable bonds is 4. The summed E-state index contributed by atoms with van der Waals surface area (Å²) in [5, 5.41) is 20.4. The predicted octanol–water partition coefficient (Wildman–Crippen LogP) is 1.62. The summed E-state index contributed by atoms with van der Waals surface area (Å²) in [4.78, 5) is 10.6. The molecule has 0 aromatic heterocycles. The van der Waals surface area contributed by atoms with Gasteiger partial charge in [0.25, 0.3) is 0 Å². The average Bonchev–Trinajstić information content (AvgIpc) is 2.37. The van der Waals surface area contributed by atoms with Crippen molar-refractivity contribution in [3.63, 3.8) is 0 Å². The van der Waals surface area contributed by atoms with Crippen LogP contribution >= 0.6 is 0 Å². The number of nitrogens with zero attached hydrogens (tertiary/aromatic N) is 1. The molecule has 1 aromatic carbocycles. The van der Waals surface area contributed by atoms with Crippen LogP contribution in [-0.4, -0.2) is 29.0 Å². The smallest absolute Gasteiger partial charge is 0.239 e. The normalized spacial score (nSPS) is 27.9. The molecule has 3 atom stereocenters. The van der Waals surface area contributed by atoms with E-state index in [4.69, 9.17) is 4.74 Å². The number of aliphatic hydroxyl groups is 1. The third-order valence-corrected chi connectivity index (χ3v) is 3.43. The second-order valence-electron chi connectivity index (χ2n) is 4.66. The Bertz CT molecular complexity index is 395. The van der Waals surface area contributed by atoms with Crippen molar-refractivity contribution >= 4 is 0 Å². The van der Waals surface area contributed by atoms with Gasteiger partial charge in [-0.15, -0.1) is 0 Å². The van der Waals surface area contributed by atoms with Gasteiger partial charge in [-0.25, -0.2) is 0 Å². The van der Waals surface area contributed by atoms with Crippen molar-refractivity contribution in [1.82, 2.24) is 0 Å². The summed E-state index contributed by atoms with van der Waals surface area (Å²) in [7, 11) is 0. The van der Waals surface area contributed by atoms with Gasteiger partial charge in [-0.3, -0.25) is 10.1 Å². The third-order valence-electron chi connectivity index (χ3n) is 3.43. The van der Waals surface area contributed by atoms with E-state index in [0.717, 1.165) is 6.42 Å². The monoisotopic (exact) mass is 251 g/mol. The highest BCUT2D eigenvalue weighted by molar-refractivity contribution is 5.14. The fourth-order valence-corrected chi connectivity index (χ4v) is 2.37. The summed E-state index contributed by atoms with van der Waals surface area (Å²) in [5.41, 5.74) is 1.17. The summed E-state index contributed by atoms with van der Waals surface area (Å²) < 4.78 is 4.95. The Balaban J connectivity index is 1.94. The van der Waals surface area contributed by atoms with Crippen LogP contribution in [0.5, 0.6) is 0 Å². The Morgan fingerprint density at radius 1 is 1.39 bits per heavy atom. The van der Waals surface area contributed by atoms with E-state index in [1.165, 1.54) is 5.56 Å². The standard InChI is InChI=1S/C13H17NO4/c15-13-8-11(12(9-18-13)14(16)17)7-6-10-4-2-1-3-5-10/h1-5,11-13,15H,6-9H2/t11-,12-,13-/m1/s1. The van der Waals surface area contributed by atoms with Crippen LogP contribution in [0, 0.1) is 16.0 Å². The molecule has 5 heteroatoms. The van der Waals surface area contributed by atoms with Gasteiger partial charge in [-0.1, -0.05) is 30.3 Å². The van der Waals surface area contributed by atoms with E-state index < -0.39 is 12.3 Å². The number of benzene rings is 1. The number of aliphatic hydroxyl groups excluding tert-OH is 1. The molecule has 1 fully saturated rings. The lowest BCUT2D eigenvalue weighted by molar-refractivity contribution is -0.545. The molecule has 0 spiro atoms. The summed E-state index contributed by atoms with van der Waals surface area (Å²) in [5.74, 6) is -0.121. The topological polar surface area (TPSA) is 72.6 Å². The van der Waals surface area contributed by atoms with E-state index in [-0.39, 0.29) is 17.4 Å². The Labute approximate surface area is 106 Å². The quantitative estimate of drug-likeness (QED) is 0.652. The van der Waals surface area contributed by atoms with Crippen molar-refractivity contribution in [2.75, 3.05) is 6.61 Å². The van der Waals surface area contributed by atoms with Crippen LogP contribution in [0.2, 0.25) is 0 Å². The van der Waals surface area contributed by atoms with Crippen LogP contribution in [0.15, 0.2) is 30.3 Å². The molecule has 0 unspecified atom stereocenters. The minimum atomic E-state index is -0.859. The van der Waals surface area contributed by atoms with Crippen molar-refractivity contribution in [2.45, 2.75) is 31.6 Å². The van der Waals surface area contributed by atoms with Gasteiger partial charge in [0.1, 0.15) is 6.61 Å². The summed E-state index contributed by atoms with van der Waals surface area (Å²) in [6.45, 7) is 0.00756. The summed E-state index contributed by atoms with van der Waals surface area (Å²) >= 11 is 0. The van der Waals surface area contributed by atoms with E-state index in [1.54, 1.807) is 0 Å². The predicted molar refractivity (Wildman–Crippen MR) is 65.6 cm³/mol. The molecule has 1 saturated heterocycles. The second kappa shape index (κ2) is 5.93. The largest absolute Gasteiger partial charge is 0.368 e. The number of hydrogen-bond donors (Lipinski definition) is 1. The molecule has 1 heterocycles. The minimum Gasteiger partial charge on any atom is -0.368 e. The molecule has 1 aromatic rings. The molecule has 0 saturated carbocycles. The maximum atomic E-state index is 10.9. The Kier molecular flexibility index (Phi) is 4.28. The highest BCUT2D eigenvalue weighted by atomic mass is 16.6. The van der Waals surface area contributed by atoms with Gasteiger partial charge in [-0.2, -0.15) is 0 Å². The highest BCUT2D eigenvalue weighted by Crippen LogP contribution is 2.26. The molecule has 0 radical (unpaired) electrons. The van der Waals surface area contributed by atoms with Gasteiger partial charge in [0.05, 0.1) is 0 Å². The highest BCUT2D eigenvalue weighted by Gasteiger charge is 2.37. The van der Waals surface area contributed by atoms with Crippen LogP contribution in [0.4, 0.5) is 0 Å². The molecule has 1 aliphatic heterocycles. The zero-order valence-electron chi connectivity index (χ0n) is 10.1. The SMILES string of the molecule is O=[N+]([O-])[C@@H]1CO[C@@H](O)C[C@H]1CCc1ccccc1. The third kappa shape index (κ3) is 3.27. The zero-order chi connectivity index (χ0) is 13.0. The average molecular weight is 251 g/mol. The van der Waals surface area contributed by atoms with Crippen molar-refractivity contribution in [3.8, 4) is 0 Å². The molecule has 0 aliphatic carbocycles. The first-order valence-corrected chi connectivity index (χ1v) is 6.14. The summed E-state index contributed by atoms with van der Waals surface area (Å²) in [6, 6.07) is 9.19. The van der Waals surface area contributed by atoms with Crippen LogP contribution < -0.4 is 0 Å². The fraction of sp³-hybridized carbons (Fsp3) is 0.538. The first kappa shape index (κ1) is 13.0. The number of ether oxygens (including phenoxy) is 1. The van der Waals surface area contributed by atoms with Gasteiger partial charge in [0.15, 0.2) is 6.29 Å². The van der Waals surface area contributed by atoms with Crippen molar-refractivity contribution in [3.05, 3.63) is 46.0 Å². The maximum absolute atomic E-state index is 10.9. The Morgan fingerprint density at radius 3 is 2.78 bits per heavy atom. The Hall–Kier alpha value is -1.46. The molecule has 1 N–H and O–H groups in total. The minimum absolute atomic E-state index is 0.00756. The lowest BCUT2D eigenvalue weighted by Gasteiger charge is -2.28. The van der Waals surface area contributed by atoms with Crippen LogP contribution in [-0.2, 0) is 11.2 Å².